The van der Waals surface area contributed by atoms with Crippen LogP contribution >= 0.6 is 0 Å². The molecule has 19 heavy (non-hydrogen) atoms. The molecule has 0 radical (unpaired) electrons. The van der Waals surface area contributed by atoms with Crippen LogP contribution in [0.25, 0.3) is 0 Å². The van der Waals surface area contributed by atoms with E-state index in [0.717, 1.165) is 9.80 Å². The lowest BCUT2D eigenvalue weighted by molar-refractivity contribution is -0.184. The second-order valence-electron chi connectivity index (χ2n) is 4.73. The monoisotopic (exact) mass is 282 g/mol. The zero-order valence-corrected chi connectivity index (χ0v) is 10.8. The van der Waals surface area contributed by atoms with Crippen molar-refractivity contribution in [1.82, 2.24) is 9.80 Å². The van der Waals surface area contributed by atoms with E-state index >= 15 is 0 Å². The van der Waals surface area contributed by atoms with Crippen LogP contribution in [-0.4, -0.2) is 59.3 Å². The molecule has 1 rings (SSSR count). The third-order valence-corrected chi connectivity index (χ3v) is 3.39. The summed E-state index contributed by atoms with van der Waals surface area (Å²) in [6, 6.07) is -1.75. The van der Waals surface area contributed by atoms with Crippen molar-refractivity contribution >= 4 is 12.0 Å². The smallest absolute Gasteiger partial charge is 0.393 e. The number of alkyl halides is 3. The molecule has 0 bridgehead atoms. The van der Waals surface area contributed by atoms with Crippen LogP contribution < -0.4 is 0 Å². The molecule has 5 nitrogen and oxygen atoms in total. The molecule has 0 aromatic heterocycles. The summed E-state index contributed by atoms with van der Waals surface area (Å²) in [7, 11) is 1.28. The van der Waals surface area contributed by atoms with E-state index in [9.17, 15) is 22.8 Å². The molecule has 0 saturated carbocycles. The number of carbonyl (C=O) groups excluding carboxylic acids is 1. The fourth-order valence-corrected chi connectivity index (χ4v) is 1.97. The fourth-order valence-electron chi connectivity index (χ4n) is 1.97. The number of likely N-dealkylation sites (tertiary alicyclic amines) is 1. The van der Waals surface area contributed by atoms with Crippen molar-refractivity contribution in [3.63, 3.8) is 0 Å². The van der Waals surface area contributed by atoms with Crippen LogP contribution in [0.2, 0.25) is 0 Å². The summed E-state index contributed by atoms with van der Waals surface area (Å²) in [6.45, 7) is 1.13. The Hall–Kier alpha value is -1.47. The first kappa shape index (κ1) is 15.6. The number of carboxylic acid groups (broad SMARTS) is 1. The van der Waals surface area contributed by atoms with E-state index < -0.39 is 36.7 Å². The number of nitrogens with zero attached hydrogens (tertiary/aromatic N) is 2. The average Bonchev–Trinajstić information content (AvgIpc) is 2.35. The largest absolute Gasteiger partial charge is 0.480 e. The number of aliphatic carboxylic acids is 1. The molecule has 1 heterocycles. The lowest BCUT2D eigenvalue weighted by Crippen LogP contribution is -2.52. The van der Waals surface area contributed by atoms with Gasteiger partial charge < -0.3 is 14.9 Å². The van der Waals surface area contributed by atoms with Gasteiger partial charge in [0.05, 0.1) is 5.92 Å². The summed E-state index contributed by atoms with van der Waals surface area (Å²) < 4.78 is 37.9. The molecule has 1 N–H and O–H groups in total. The number of amides is 2. The van der Waals surface area contributed by atoms with Crippen LogP contribution in [0.4, 0.5) is 18.0 Å². The first-order valence-electron chi connectivity index (χ1n) is 5.96. The van der Waals surface area contributed by atoms with Gasteiger partial charge in [-0.05, 0) is 19.8 Å². The number of halogens is 3. The zero-order chi connectivity index (χ0) is 14.8. The highest BCUT2D eigenvalue weighted by atomic mass is 19.4. The van der Waals surface area contributed by atoms with Crippen molar-refractivity contribution in [2.75, 3.05) is 20.1 Å². The average molecular weight is 282 g/mol. The summed E-state index contributed by atoms with van der Waals surface area (Å²) in [5.74, 6) is -2.72. The second-order valence-corrected chi connectivity index (χ2v) is 4.73. The molecule has 2 atom stereocenters. The van der Waals surface area contributed by atoms with E-state index in [0.29, 0.717) is 0 Å². The maximum atomic E-state index is 12.6. The summed E-state index contributed by atoms with van der Waals surface area (Å²) in [4.78, 5) is 24.7. The van der Waals surface area contributed by atoms with E-state index in [1.165, 1.54) is 14.0 Å². The Morgan fingerprint density at radius 1 is 1.42 bits per heavy atom. The SMILES string of the molecule is CC(C(=O)O)N(C)C(=O)N1CCCC(C(F)(F)F)C1. The van der Waals surface area contributed by atoms with Gasteiger partial charge in [-0.2, -0.15) is 13.2 Å². The van der Waals surface area contributed by atoms with Gasteiger partial charge >= 0.3 is 18.2 Å². The van der Waals surface area contributed by atoms with Crippen LogP contribution in [-0.2, 0) is 4.79 Å². The minimum atomic E-state index is -4.32. The molecule has 1 saturated heterocycles. The zero-order valence-electron chi connectivity index (χ0n) is 10.8. The number of carboxylic acids is 1. The highest BCUT2D eigenvalue weighted by Gasteiger charge is 2.43. The fraction of sp³-hybridized carbons (Fsp3) is 0.818. The molecule has 0 aromatic carbocycles. The second kappa shape index (κ2) is 5.66. The Kier molecular flexibility index (Phi) is 4.65. The van der Waals surface area contributed by atoms with Gasteiger partial charge in [-0.1, -0.05) is 0 Å². The number of hydrogen-bond donors (Lipinski definition) is 1. The molecule has 8 heteroatoms. The Bertz CT molecular complexity index is 360. The Morgan fingerprint density at radius 3 is 2.47 bits per heavy atom. The van der Waals surface area contributed by atoms with Gasteiger partial charge in [0.1, 0.15) is 6.04 Å². The van der Waals surface area contributed by atoms with E-state index in [2.05, 4.69) is 0 Å². The molecule has 1 aliphatic heterocycles. The van der Waals surface area contributed by atoms with Crippen molar-refractivity contribution in [2.24, 2.45) is 5.92 Å². The summed E-state index contributed by atoms with van der Waals surface area (Å²) in [5.41, 5.74) is 0. The highest BCUT2D eigenvalue weighted by molar-refractivity contribution is 5.82. The molecule has 2 unspecified atom stereocenters. The van der Waals surface area contributed by atoms with Crippen molar-refractivity contribution in [2.45, 2.75) is 32.0 Å². The van der Waals surface area contributed by atoms with E-state index in [-0.39, 0.29) is 19.4 Å². The van der Waals surface area contributed by atoms with E-state index in [1.807, 2.05) is 0 Å². The minimum absolute atomic E-state index is 0.00543. The maximum absolute atomic E-state index is 12.6. The van der Waals surface area contributed by atoms with Gasteiger partial charge in [-0.15, -0.1) is 0 Å². The van der Waals surface area contributed by atoms with Crippen molar-refractivity contribution in [1.29, 1.82) is 0 Å². The number of urea groups is 1. The van der Waals surface area contributed by atoms with Crippen LogP contribution in [0, 0.1) is 5.92 Å². The van der Waals surface area contributed by atoms with Crippen LogP contribution in [0.3, 0.4) is 0 Å². The van der Waals surface area contributed by atoms with Crippen LogP contribution in [0.5, 0.6) is 0 Å². The Labute approximate surface area is 109 Å². The predicted molar refractivity (Wildman–Crippen MR) is 60.6 cm³/mol. The van der Waals surface area contributed by atoms with Gasteiger partial charge in [-0.25, -0.2) is 9.59 Å². The molecule has 110 valence electrons. The van der Waals surface area contributed by atoms with Crippen molar-refractivity contribution in [3.05, 3.63) is 0 Å². The Balaban J connectivity index is 2.69. The van der Waals surface area contributed by atoms with Gasteiger partial charge in [0.25, 0.3) is 0 Å². The topological polar surface area (TPSA) is 60.9 Å². The first-order chi connectivity index (χ1) is 8.64. The number of carbonyl (C=O) groups is 2. The van der Waals surface area contributed by atoms with E-state index in [1.54, 1.807) is 0 Å². The normalized spacial score (nSPS) is 21.9. The standard InChI is InChI=1S/C11H17F3N2O3/c1-7(9(17)18)15(2)10(19)16-5-3-4-8(6-16)11(12,13)14/h7-8H,3-6H2,1-2H3,(H,17,18). The third-order valence-electron chi connectivity index (χ3n) is 3.39. The van der Waals surface area contributed by atoms with Gasteiger partial charge in [-0.3, -0.25) is 0 Å². The molecule has 1 fully saturated rings. The number of piperidine rings is 1. The van der Waals surface area contributed by atoms with Gasteiger partial charge in [0.2, 0.25) is 0 Å². The summed E-state index contributed by atoms with van der Waals surface area (Å²) in [5, 5.41) is 8.79. The molecule has 2 amide bonds. The lowest BCUT2D eigenvalue weighted by Gasteiger charge is -2.36. The predicted octanol–water partition coefficient (Wildman–Crippen LogP) is 1.79. The lowest BCUT2D eigenvalue weighted by atomic mass is 9.98. The van der Waals surface area contributed by atoms with Crippen molar-refractivity contribution in [3.8, 4) is 0 Å². The number of likely N-dealkylation sites (N-methyl/N-ethyl adjacent to an activating group) is 1. The molecule has 0 aliphatic carbocycles. The first-order valence-corrected chi connectivity index (χ1v) is 5.96. The minimum Gasteiger partial charge on any atom is -0.480 e. The number of rotatable bonds is 2. The molecule has 1 aliphatic rings. The third kappa shape index (κ3) is 3.74. The van der Waals surface area contributed by atoms with Crippen LogP contribution in [0.1, 0.15) is 19.8 Å². The van der Waals surface area contributed by atoms with Gasteiger partial charge in [0, 0.05) is 20.1 Å². The quantitative estimate of drug-likeness (QED) is 0.840. The molecular formula is C11H17F3N2O3. The van der Waals surface area contributed by atoms with E-state index in [4.69, 9.17) is 5.11 Å². The molecular weight excluding hydrogens is 265 g/mol. The Morgan fingerprint density at radius 2 is 2.00 bits per heavy atom. The summed E-state index contributed by atoms with van der Waals surface area (Å²) >= 11 is 0. The number of hydrogen-bond acceptors (Lipinski definition) is 2. The van der Waals surface area contributed by atoms with Crippen molar-refractivity contribution < 1.29 is 27.9 Å². The van der Waals surface area contributed by atoms with Crippen LogP contribution in [0.15, 0.2) is 0 Å². The molecule has 0 aromatic rings. The maximum Gasteiger partial charge on any atom is 0.393 e. The summed E-state index contributed by atoms with van der Waals surface area (Å²) in [6.07, 6.45) is -4.05. The molecule has 0 spiro atoms. The van der Waals surface area contributed by atoms with Gasteiger partial charge in [0.15, 0.2) is 0 Å². The highest BCUT2D eigenvalue weighted by Crippen LogP contribution is 2.33.